The van der Waals surface area contributed by atoms with Gasteiger partial charge in [-0.25, -0.2) is 0 Å². The molecule has 110 valence electrons. The number of nitro groups is 1. The minimum atomic E-state index is -0.350. The van der Waals surface area contributed by atoms with Crippen molar-refractivity contribution in [2.24, 2.45) is 0 Å². The number of nitro benzene ring substituents is 1. The maximum absolute atomic E-state index is 10.9. The van der Waals surface area contributed by atoms with Crippen LogP contribution >= 0.6 is 0 Å². The second-order valence-electron chi connectivity index (χ2n) is 4.62. The largest absolute Gasteiger partial charge is 0.496 e. The number of para-hydroxylation sites is 2. The average molecular weight is 286 g/mol. The van der Waals surface area contributed by atoms with Crippen molar-refractivity contribution in [2.75, 3.05) is 13.7 Å². The molecular weight excluding hydrogens is 268 g/mol. The first kappa shape index (κ1) is 15.0. The summed E-state index contributed by atoms with van der Waals surface area (Å²) in [4.78, 5) is 10.6. The number of nitrogens with one attached hydrogen (secondary N) is 1. The number of hydrogen-bond donors (Lipinski definition) is 1. The van der Waals surface area contributed by atoms with E-state index < -0.39 is 0 Å². The molecule has 0 heterocycles. The molecule has 5 nitrogen and oxygen atoms in total. The lowest BCUT2D eigenvalue weighted by atomic mass is 10.1. The molecule has 0 spiro atoms. The second-order valence-corrected chi connectivity index (χ2v) is 4.62. The molecule has 2 aromatic carbocycles. The molecule has 0 aliphatic heterocycles. The van der Waals surface area contributed by atoms with Crippen LogP contribution in [0.5, 0.6) is 5.75 Å². The highest BCUT2D eigenvalue weighted by Crippen LogP contribution is 2.18. The van der Waals surface area contributed by atoms with Gasteiger partial charge in [0.1, 0.15) is 5.75 Å². The van der Waals surface area contributed by atoms with E-state index >= 15 is 0 Å². The molecule has 0 aliphatic rings. The van der Waals surface area contributed by atoms with Crippen LogP contribution in [0.25, 0.3) is 0 Å². The van der Waals surface area contributed by atoms with Gasteiger partial charge in [0.2, 0.25) is 0 Å². The summed E-state index contributed by atoms with van der Waals surface area (Å²) in [6.45, 7) is 1.21. The summed E-state index contributed by atoms with van der Waals surface area (Å²) in [7, 11) is 1.65. The lowest BCUT2D eigenvalue weighted by Crippen LogP contribution is -2.17. The Hall–Kier alpha value is -2.40. The van der Waals surface area contributed by atoms with Gasteiger partial charge >= 0.3 is 0 Å². The zero-order chi connectivity index (χ0) is 15.1. The zero-order valence-corrected chi connectivity index (χ0v) is 11.9. The molecule has 0 aromatic heterocycles. The summed E-state index contributed by atoms with van der Waals surface area (Å²) in [6, 6.07) is 14.6. The standard InChI is InChI=1S/C16H18N2O3/c1-21-16-9-5-3-6-13(16)10-11-17-12-14-7-2-4-8-15(14)18(19)20/h2-9,17H,10-12H2,1H3. The Morgan fingerprint density at radius 1 is 1.10 bits per heavy atom. The second kappa shape index (κ2) is 7.40. The van der Waals surface area contributed by atoms with E-state index in [1.807, 2.05) is 30.3 Å². The highest BCUT2D eigenvalue weighted by atomic mass is 16.6. The van der Waals surface area contributed by atoms with Gasteiger partial charge in [0, 0.05) is 18.2 Å². The lowest BCUT2D eigenvalue weighted by molar-refractivity contribution is -0.385. The Morgan fingerprint density at radius 2 is 1.76 bits per heavy atom. The Bertz CT molecular complexity index is 614. The van der Waals surface area contributed by atoms with Crippen molar-refractivity contribution in [3.63, 3.8) is 0 Å². The molecule has 5 heteroatoms. The minimum Gasteiger partial charge on any atom is -0.496 e. The number of ether oxygens (including phenoxy) is 1. The van der Waals surface area contributed by atoms with Crippen LogP contribution in [0.15, 0.2) is 48.5 Å². The number of nitrogens with zero attached hydrogens (tertiary/aromatic N) is 1. The summed E-state index contributed by atoms with van der Waals surface area (Å²) in [6.07, 6.45) is 0.810. The topological polar surface area (TPSA) is 64.4 Å². The van der Waals surface area contributed by atoms with Gasteiger partial charge in [-0.3, -0.25) is 10.1 Å². The number of benzene rings is 2. The van der Waals surface area contributed by atoms with Crippen LogP contribution in [0.1, 0.15) is 11.1 Å². The van der Waals surface area contributed by atoms with Crippen molar-refractivity contribution in [2.45, 2.75) is 13.0 Å². The normalized spacial score (nSPS) is 10.3. The van der Waals surface area contributed by atoms with Crippen LogP contribution in [0.2, 0.25) is 0 Å². The van der Waals surface area contributed by atoms with Gasteiger partial charge < -0.3 is 10.1 Å². The summed E-state index contributed by atoms with van der Waals surface area (Å²) < 4.78 is 5.29. The van der Waals surface area contributed by atoms with Gasteiger partial charge in [0.25, 0.3) is 5.69 Å². The van der Waals surface area contributed by atoms with Crippen LogP contribution in [0.3, 0.4) is 0 Å². The summed E-state index contributed by atoms with van der Waals surface area (Å²) in [5, 5.41) is 14.2. The molecule has 0 saturated heterocycles. The van der Waals surface area contributed by atoms with E-state index in [4.69, 9.17) is 4.74 Å². The van der Waals surface area contributed by atoms with Crippen LogP contribution < -0.4 is 10.1 Å². The third kappa shape index (κ3) is 4.03. The first-order valence-electron chi connectivity index (χ1n) is 6.77. The third-order valence-electron chi connectivity index (χ3n) is 3.27. The van der Waals surface area contributed by atoms with Crippen molar-refractivity contribution in [1.82, 2.24) is 5.32 Å². The summed E-state index contributed by atoms with van der Waals surface area (Å²) >= 11 is 0. The van der Waals surface area contributed by atoms with E-state index in [1.165, 1.54) is 6.07 Å². The van der Waals surface area contributed by atoms with E-state index in [0.717, 1.165) is 24.3 Å². The summed E-state index contributed by atoms with van der Waals surface area (Å²) in [5.74, 6) is 0.866. The monoisotopic (exact) mass is 286 g/mol. The van der Waals surface area contributed by atoms with Crippen molar-refractivity contribution >= 4 is 5.69 Å². The molecule has 0 atom stereocenters. The van der Waals surface area contributed by atoms with E-state index in [1.54, 1.807) is 19.2 Å². The number of rotatable bonds is 7. The Balaban J connectivity index is 1.89. The summed E-state index contributed by atoms with van der Waals surface area (Å²) in [5.41, 5.74) is 1.97. The predicted molar refractivity (Wildman–Crippen MR) is 81.5 cm³/mol. The fourth-order valence-corrected chi connectivity index (χ4v) is 2.19. The van der Waals surface area contributed by atoms with Gasteiger partial charge in [-0.1, -0.05) is 36.4 Å². The molecule has 0 radical (unpaired) electrons. The molecule has 2 aromatic rings. The number of methoxy groups -OCH3 is 1. The quantitative estimate of drug-likeness (QED) is 0.483. The molecule has 1 N–H and O–H groups in total. The highest BCUT2D eigenvalue weighted by molar-refractivity contribution is 5.39. The van der Waals surface area contributed by atoms with Gasteiger partial charge in [0.15, 0.2) is 0 Å². The first-order valence-corrected chi connectivity index (χ1v) is 6.77. The van der Waals surface area contributed by atoms with Crippen LogP contribution in [-0.4, -0.2) is 18.6 Å². The first-order chi connectivity index (χ1) is 10.2. The molecule has 0 fully saturated rings. The maximum atomic E-state index is 10.9. The molecule has 21 heavy (non-hydrogen) atoms. The fraction of sp³-hybridized carbons (Fsp3) is 0.250. The van der Waals surface area contributed by atoms with Gasteiger partial charge in [0.05, 0.1) is 12.0 Å². The van der Waals surface area contributed by atoms with E-state index in [-0.39, 0.29) is 10.6 Å². The fourth-order valence-electron chi connectivity index (χ4n) is 2.19. The van der Waals surface area contributed by atoms with E-state index in [2.05, 4.69) is 5.32 Å². The smallest absolute Gasteiger partial charge is 0.273 e. The van der Waals surface area contributed by atoms with Gasteiger partial charge in [-0.05, 0) is 24.6 Å². The third-order valence-corrected chi connectivity index (χ3v) is 3.27. The van der Waals surface area contributed by atoms with Crippen molar-refractivity contribution < 1.29 is 9.66 Å². The van der Waals surface area contributed by atoms with Crippen molar-refractivity contribution in [3.8, 4) is 5.75 Å². The van der Waals surface area contributed by atoms with E-state index in [9.17, 15) is 10.1 Å². The average Bonchev–Trinajstić information content (AvgIpc) is 2.52. The maximum Gasteiger partial charge on any atom is 0.273 e. The van der Waals surface area contributed by atoms with Crippen LogP contribution in [0.4, 0.5) is 5.69 Å². The molecule has 0 bridgehead atoms. The van der Waals surface area contributed by atoms with Crippen LogP contribution in [-0.2, 0) is 13.0 Å². The molecular formula is C16H18N2O3. The lowest BCUT2D eigenvalue weighted by Gasteiger charge is -2.09. The predicted octanol–water partition coefficient (Wildman–Crippen LogP) is 2.94. The zero-order valence-electron chi connectivity index (χ0n) is 11.9. The van der Waals surface area contributed by atoms with Crippen molar-refractivity contribution in [3.05, 3.63) is 69.8 Å². The Kier molecular flexibility index (Phi) is 5.29. The van der Waals surface area contributed by atoms with Crippen LogP contribution in [0, 0.1) is 10.1 Å². The Labute approximate surface area is 123 Å². The molecule has 0 saturated carbocycles. The highest BCUT2D eigenvalue weighted by Gasteiger charge is 2.11. The van der Waals surface area contributed by atoms with Gasteiger partial charge in [-0.2, -0.15) is 0 Å². The SMILES string of the molecule is COc1ccccc1CCNCc1ccccc1[N+](=O)[O-]. The van der Waals surface area contributed by atoms with Crippen molar-refractivity contribution in [1.29, 1.82) is 0 Å². The number of hydrogen-bond acceptors (Lipinski definition) is 4. The molecule has 0 amide bonds. The molecule has 0 aliphatic carbocycles. The minimum absolute atomic E-state index is 0.155. The van der Waals surface area contributed by atoms with E-state index in [0.29, 0.717) is 12.1 Å². The van der Waals surface area contributed by atoms with Gasteiger partial charge in [-0.15, -0.1) is 0 Å². The molecule has 2 rings (SSSR count). The molecule has 0 unspecified atom stereocenters. The Morgan fingerprint density at radius 3 is 2.48 bits per heavy atom.